The van der Waals surface area contributed by atoms with Crippen LogP contribution in [0.2, 0.25) is 0 Å². The van der Waals surface area contributed by atoms with E-state index in [1.807, 2.05) is 12.1 Å². The standard InChI is InChI=1S/C16H21FN2O/c1-2-15-12-20-9-8-19(15)11-13-5-6-16(17)14(10-13)4-3-7-18/h5-6,10,15H,2,7-9,11-12,18H2,1H3. The van der Waals surface area contributed by atoms with Gasteiger partial charge in [-0.2, -0.15) is 0 Å². The topological polar surface area (TPSA) is 38.5 Å². The molecule has 1 atom stereocenters. The maximum atomic E-state index is 13.6. The van der Waals surface area contributed by atoms with Crippen LogP contribution in [0.4, 0.5) is 4.39 Å². The van der Waals surface area contributed by atoms with E-state index in [0.29, 0.717) is 11.6 Å². The van der Waals surface area contributed by atoms with Crippen molar-refractivity contribution < 1.29 is 9.13 Å². The van der Waals surface area contributed by atoms with Crippen LogP contribution < -0.4 is 5.73 Å². The van der Waals surface area contributed by atoms with E-state index in [1.165, 1.54) is 6.07 Å². The lowest BCUT2D eigenvalue weighted by Crippen LogP contribution is -2.44. The lowest BCUT2D eigenvalue weighted by atomic mass is 10.1. The van der Waals surface area contributed by atoms with Crippen molar-refractivity contribution in [3.05, 3.63) is 35.1 Å². The summed E-state index contributed by atoms with van der Waals surface area (Å²) in [4.78, 5) is 2.39. The highest BCUT2D eigenvalue weighted by Gasteiger charge is 2.21. The SMILES string of the molecule is CCC1COCCN1Cc1ccc(F)c(C#CCN)c1. The third kappa shape index (κ3) is 3.80. The zero-order chi connectivity index (χ0) is 14.4. The summed E-state index contributed by atoms with van der Waals surface area (Å²) in [5, 5.41) is 0. The average molecular weight is 276 g/mol. The maximum Gasteiger partial charge on any atom is 0.138 e. The van der Waals surface area contributed by atoms with E-state index in [-0.39, 0.29) is 12.4 Å². The van der Waals surface area contributed by atoms with Crippen LogP contribution in [0.1, 0.15) is 24.5 Å². The molecule has 1 heterocycles. The van der Waals surface area contributed by atoms with E-state index in [2.05, 4.69) is 23.7 Å². The number of nitrogens with zero attached hydrogens (tertiary/aromatic N) is 1. The number of hydrogen-bond donors (Lipinski definition) is 1. The summed E-state index contributed by atoms with van der Waals surface area (Å²) in [6.45, 7) is 5.66. The summed E-state index contributed by atoms with van der Waals surface area (Å²) in [5.74, 6) is 5.19. The van der Waals surface area contributed by atoms with Gasteiger partial charge in [0, 0.05) is 19.1 Å². The average Bonchev–Trinajstić information content (AvgIpc) is 2.48. The molecular weight excluding hydrogens is 255 g/mol. The van der Waals surface area contributed by atoms with Crippen molar-refractivity contribution in [2.45, 2.75) is 25.9 Å². The van der Waals surface area contributed by atoms with E-state index in [0.717, 1.165) is 38.3 Å². The van der Waals surface area contributed by atoms with Crippen molar-refractivity contribution in [2.24, 2.45) is 5.73 Å². The lowest BCUT2D eigenvalue weighted by molar-refractivity contribution is -0.0127. The van der Waals surface area contributed by atoms with Gasteiger partial charge in [-0.25, -0.2) is 4.39 Å². The normalized spacial score (nSPS) is 19.4. The van der Waals surface area contributed by atoms with Gasteiger partial charge in [-0.1, -0.05) is 24.8 Å². The minimum absolute atomic E-state index is 0.241. The maximum absolute atomic E-state index is 13.6. The van der Waals surface area contributed by atoms with Crippen LogP contribution in [0.5, 0.6) is 0 Å². The van der Waals surface area contributed by atoms with Gasteiger partial charge in [0.15, 0.2) is 0 Å². The molecule has 1 unspecified atom stereocenters. The summed E-state index contributed by atoms with van der Waals surface area (Å²) in [7, 11) is 0. The zero-order valence-corrected chi connectivity index (χ0v) is 11.9. The van der Waals surface area contributed by atoms with Crippen molar-refractivity contribution in [3.63, 3.8) is 0 Å². The van der Waals surface area contributed by atoms with Gasteiger partial charge in [0.05, 0.1) is 25.3 Å². The Bertz CT molecular complexity index is 507. The molecule has 0 saturated carbocycles. The van der Waals surface area contributed by atoms with Gasteiger partial charge < -0.3 is 10.5 Å². The van der Waals surface area contributed by atoms with E-state index in [9.17, 15) is 4.39 Å². The first-order valence-corrected chi connectivity index (χ1v) is 7.03. The molecule has 20 heavy (non-hydrogen) atoms. The molecule has 2 N–H and O–H groups in total. The fourth-order valence-corrected chi connectivity index (χ4v) is 2.42. The van der Waals surface area contributed by atoms with Gasteiger partial charge >= 0.3 is 0 Å². The number of morpholine rings is 1. The Labute approximate surface area is 119 Å². The number of benzene rings is 1. The monoisotopic (exact) mass is 276 g/mol. The molecular formula is C16H21FN2O. The van der Waals surface area contributed by atoms with Gasteiger partial charge in [0.25, 0.3) is 0 Å². The number of nitrogens with two attached hydrogens (primary N) is 1. The molecule has 1 aliphatic heterocycles. The highest BCUT2D eigenvalue weighted by molar-refractivity contribution is 5.38. The third-order valence-electron chi connectivity index (χ3n) is 3.56. The Morgan fingerprint density at radius 1 is 1.50 bits per heavy atom. The molecule has 2 rings (SSSR count). The fourth-order valence-electron chi connectivity index (χ4n) is 2.42. The summed E-state index contributed by atoms with van der Waals surface area (Å²) >= 11 is 0. The largest absolute Gasteiger partial charge is 0.378 e. The third-order valence-corrected chi connectivity index (χ3v) is 3.56. The van der Waals surface area contributed by atoms with Gasteiger partial charge in [-0.15, -0.1) is 0 Å². The Hall–Kier alpha value is -1.41. The first-order chi connectivity index (χ1) is 9.74. The predicted molar refractivity (Wildman–Crippen MR) is 77.6 cm³/mol. The minimum Gasteiger partial charge on any atom is -0.378 e. The Kier molecular flexibility index (Phi) is 5.54. The second kappa shape index (κ2) is 7.39. The molecule has 0 aromatic heterocycles. The molecule has 1 aromatic carbocycles. The van der Waals surface area contributed by atoms with Crippen LogP contribution in [0.25, 0.3) is 0 Å². The van der Waals surface area contributed by atoms with Crippen molar-refractivity contribution in [2.75, 3.05) is 26.3 Å². The summed E-state index contributed by atoms with van der Waals surface area (Å²) in [6, 6.07) is 5.56. The quantitative estimate of drug-likeness (QED) is 0.855. The number of ether oxygens (including phenoxy) is 1. The lowest BCUT2D eigenvalue weighted by Gasteiger charge is -2.35. The van der Waals surface area contributed by atoms with E-state index in [4.69, 9.17) is 10.5 Å². The van der Waals surface area contributed by atoms with Crippen molar-refractivity contribution in [1.29, 1.82) is 0 Å². The van der Waals surface area contributed by atoms with Crippen molar-refractivity contribution in [1.82, 2.24) is 4.90 Å². The smallest absolute Gasteiger partial charge is 0.138 e. The zero-order valence-electron chi connectivity index (χ0n) is 11.9. The van der Waals surface area contributed by atoms with Crippen LogP contribution in [-0.4, -0.2) is 37.2 Å². The molecule has 1 aliphatic rings. The van der Waals surface area contributed by atoms with Crippen LogP contribution in [-0.2, 0) is 11.3 Å². The second-order valence-electron chi connectivity index (χ2n) is 4.93. The Morgan fingerprint density at radius 3 is 3.10 bits per heavy atom. The van der Waals surface area contributed by atoms with Gasteiger partial charge in [0.2, 0.25) is 0 Å². The molecule has 108 valence electrons. The molecule has 0 spiro atoms. The molecule has 0 bridgehead atoms. The second-order valence-corrected chi connectivity index (χ2v) is 4.93. The fraction of sp³-hybridized carbons (Fsp3) is 0.500. The van der Waals surface area contributed by atoms with E-state index >= 15 is 0 Å². The number of halogens is 1. The minimum atomic E-state index is -0.288. The van der Waals surface area contributed by atoms with Gasteiger partial charge in [0.1, 0.15) is 5.82 Å². The van der Waals surface area contributed by atoms with Gasteiger partial charge in [-0.3, -0.25) is 4.90 Å². The molecule has 0 radical (unpaired) electrons. The van der Waals surface area contributed by atoms with Crippen LogP contribution in [0, 0.1) is 17.7 Å². The Morgan fingerprint density at radius 2 is 2.35 bits per heavy atom. The van der Waals surface area contributed by atoms with Crippen molar-refractivity contribution in [3.8, 4) is 11.8 Å². The highest BCUT2D eigenvalue weighted by atomic mass is 19.1. The first kappa shape index (κ1) is 15.0. The van der Waals surface area contributed by atoms with E-state index < -0.39 is 0 Å². The van der Waals surface area contributed by atoms with Crippen LogP contribution in [0.15, 0.2) is 18.2 Å². The summed E-state index contributed by atoms with van der Waals surface area (Å²) in [5.41, 5.74) is 6.83. The molecule has 1 aromatic rings. The van der Waals surface area contributed by atoms with Gasteiger partial charge in [-0.05, 0) is 24.1 Å². The van der Waals surface area contributed by atoms with Crippen molar-refractivity contribution >= 4 is 0 Å². The molecule has 3 nitrogen and oxygen atoms in total. The predicted octanol–water partition coefficient (Wildman–Crippen LogP) is 1.75. The molecule has 1 saturated heterocycles. The van der Waals surface area contributed by atoms with E-state index in [1.54, 1.807) is 0 Å². The highest BCUT2D eigenvalue weighted by Crippen LogP contribution is 2.16. The summed E-state index contributed by atoms with van der Waals surface area (Å²) in [6.07, 6.45) is 1.06. The molecule has 0 aliphatic carbocycles. The molecule has 0 amide bonds. The van der Waals surface area contributed by atoms with Crippen LogP contribution >= 0.6 is 0 Å². The summed E-state index contributed by atoms with van der Waals surface area (Å²) < 4.78 is 19.1. The number of rotatable bonds is 3. The van der Waals surface area contributed by atoms with Crippen LogP contribution in [0.3, 0.4) is 0 Å². The Balaban J connectivity index is 2.12. The number of hydrogen-bond acceptors (Lipinski definition) is 3. The molecule has 1 fully saturated rings. The molecule has 4 heteroatoms. The first-order valence-electron chi connectivity index (χ1n) is 7.03.